The van der Waals surface area contributed by atoms with Crippen LogP contribution < -0.4 is 10.6 Å². The van der Waals surface area contributed by atoms with Gasteiger partial charge in [-0.05, 0) is 25.7 Å². The summed E-state index contributed by atoms with van der Waals surface area (Å²) < 4.78 is 44.2. The van der Waals surface area contributed by atoms with Crippen LogP contribution in [0.1, 0.15) is 30.3 Å². The second-order valence-electron chi connectivity index (χ2n) is 6.14. The van der Waals surface area contributed by atoms with Gasteiger partial charge in [-0.2, -0.15) is 18.2 Å². The maximum absolute atomic E-state index is 13.0. The molecule has 0 aromatic carbocycles. The van der Waals surface area contributed by atoms with Crippen LogP contribution in [0.3, 0.4) is 0 Å². The first-order valence-corrected chi connectivity index (χ1v) is 9.71. The lowest BCUT2D eigenvalue weighted by atomic mass is 10.3. The van der Waals surface area contributed by atoms with E-state index in [9.17, 15) is 18.0 Å². The van der Waals surface area contributed by atoms with Gasteiger partial charge >= 0.3 is 12.1 Å². The molecule has 0 aliphatic heterocycles. The van der Waals surface area contributed by atoms with Crippen LogP contribution in [-0.4, -0.2) is 34.1 Å². The topological polar surface area (TPSA) is 89.0 Å². The van der Waals surface area contributed by atoms with E-state index in [1.165, 1.54) is 0 Å². The van der Waals surface area contributed by atoms with E-state index in [-0.39, 0.29) is 29.9 Å². The van der Waals surface area contributed by atoms with Gasteiger partial charge in [0.15, 0.2) is 5.15 Å². The Morgan fingerprint density at radius 1 is 1.39 bits per heavy atom. The van der Waals surface area contributed by atoms with Gasteiger partial charge in [0.25, 0.3) is 0 Å². The number of nitrogens with zero attached hydrogens (tertiary/aromatic N) is 3. The summed E-state index contributed by atoms with van der Waals surface area (Å²) in [5.41, 5.74) is -0.964. The van der Waals surface area contributed by atoms with Crippen molar-refractivity contribution in [1.29, 1.82) is 0 Å². The van der Waals surface area contributed by atoms with Crippen molar-refractivity contribution in [2.75, 3.05) is 23.8 Å². The molecule has 2 N–H and O–H groups in total. The lowest BCUT2D eigenvalue weighted by Crippen LogP contribution is -2.14. The number of alkyl halides is 3. The SMILES string of the molecule is CCNc1nc(Nc2sc(CC(=O)OCC3CC3)nc2Cl)ncc1C(F)(F)F. The van der Waals surface area contributed by atoms with Crippen LogP contribution >= 0.6 is 22.9 Å². The summed E-state index contributed by atoms with van der Waals surface area (Å²) in [6, 6.07) is 0. The first kappa shape index (κ1) is 20.6. The van der Waals surface area contributed by atoms with Crippen molar-refractivity contribution in [2.24, 2.45) is 5.92 Å². The number of rotatable bonds is 8. The largest absolute Gasteiger partial charge is 0.465 e. The Bertz CT molecular complexity index is 857. The van der Waals surface area contributed by atoms with Crippen molar-refractivity contribution in [3.8, 4) is 0 Å². The number of carbonyl (C=O) groups is 1. The second kappa shape index (κ2) is 8.48. The van der Waals surface area contributed by atoms with E-state index in [2.05, 4.69) is 25.6 Å². The molecule has 1 fully saturated rings. The van der Waals surface area contributed by atoms with Crippen LogP contribution in [0.5, 0.6) is 0 Å². The standard InChI is InChI=1S/C16H17ClF3N5O2S/c1-2-21-13-9(16(18,19)20)6-22-15(24-13)25-14-12(17)23-10(28-14)5-11(26)27-7-8-3-4-8/h6,8H,2-5,7H2,1H3,(H2,21,22,24,25). The maximum Gasteiger partial charge on any atom is 0.421 e. The average Bonchev–Trinajstić information content (AvgIpc) is 3.37. The van der Waals surface area contributed by atoms with E-state index in [0.717, 1.165) is 24.2 Å². The molecule has 2 heterocycles. The van der Waals surface area contributed by atoms with Gasteiger partial charge < -0.3 is 15.4 Å². The summed E-state index contributed by atoms with van der Waals surface area (Å²) in [4.78, 5) is 23.5. The van der Waals surface area contributed by atoms with Crippen LogP contribution in [0.15, 0.2) is 6.20 Å². The average molecular weight is 436 g/mol. The van der Waals surface area contributed by atoms with Gasteiger partial charge in [0.1, 0.15) is 21.4 Å². The zero-order valence-electron chi connectivity index (χ0n) is 14.8. The number of hydrogen-bond acceptors (Lipinski definition) is 8. The molecule has 1 saturated carbocycles. The van der Waals surface area contributed by atoms with Crippen LogP contribution in [0, 0.1) is 5.92 Å². The molecule has 0 radical (unpaired) electrons. The highest BCUT2D eigenvalue weighted by molar-refractivity contribution is 7.16. The summed E-state index contributed by atoms with van der Waals surface area (Å²) in [5, 5.41) is 6.13. The molecule has 0 bridgehead atoms. The summed E-state index contributed by atoms with van der Waals surface area (Å²) in [6.45, 7) is 2.33. The molecule has 12 heteroatoms. The number of anilines is 3. The zero-order chi connectivity index (χ0) is 20.3. The van der Waals surface area contributed by atoms with Crippen LogP contribution in [0.25, 0.3) is 0 Å². The normalized spacial score (nSPS) is 14.0. The Balaban J connectivity index is 1.69. The van der Waals surface area contributed by atoms with Gasteiger partial charge in [0.05, 0.1) is 13.0 Å². The Hall–Kier alpha value is -2.14. The molecular formula is C16H17ClF3N5O2S. The van der Waals surface area contributed by atoms with Crippen LogP contribution in [0.2, 0.25) is 5.15 Å². The fourth-order valence-electron chi connectivity index (χ4n) is 2.22. The van der Waals surface area contributed by atoms with Gasteiger partial charge in [0.2, 0.25) is 5.95 Å². The number of carbonyl (C=O) groups excluding carboxylic acids is 1. The minimum absolute atomic E-state index is 0.0324. The smallest absolute Gasteiger partial charge is 0.421 e. The third kappa shape index (κ3) is 5.44. The fraction of sp³-hybridized carbons (Fsp3) is 0.500. The fourth-order valence-corrected chi connectivity index (χ4v) is 3.37. The quantitative estimate of drug-likeness (QED) is 0.598. The van der Waals surface area contributed by atoms with Crippen molar-refractivity contribution in [3.63, 3.8) is 0 Å². The molecule has 3 rings (SSSR count). The Morgan fingerprint density at radius 2 is 2.14 bits per heavy atom. The maximum atomic E-state index is 13.0. The lowest BCUT2D eigenvalue weighted by molar-refractivity contribution is -0.143. The predicted molar refractivity (Wildman–Crippen MR) is 99.0 cm³/mol. The van der Waals surface area contributed by atoms with Crippen molar-refractivity contribution in [2.45, 2.75) is 32.4 Å². The van der Waals surface area contributed by atoms with E-state index in [0.29, 0.717) is 28.7 Å². The molecule has 1 aliphatic carbocycles. The van der Waals surface area contributed by atoms with E-state index in [1.54, 1.807) is 6.92 Å². The van der Waals surface area contributed by atoms with Gasteiger partial charge in [-0.15, -0.1) is 0 Å². The number of ether oxygens (including phenoxy) is 1. The van der Waals surface area contributed by atoms with Gasteiger partial charge in [-0.1, -0.05) is 22.9 Å². The highest BCUT2D eigenvalue weighted by atomic mass is 35.5. The Morgan fingerprint density at radius 3 is 2.79 bits per heavy atom. The Kier molecular flexibility index (Phi) is 6.23. The second-order valence-corrected chi connectivity index (χ2v) is 7.58. The van der Waals surface area contributed by atoms with Gasteiger partial charge in [0, 0.05) is 12.7 Å². The molecule has 7 nitrogen and oxygen atoms in total. The monoisotopic (exact) mass is 435 g/mol. The minimum atomic E-state index is -4.58. The molecule has 152 valence electrons. The van der Waals surface area contributed by atoms with E-state index in [4.69, 9.17) is 16.3 Å². The summed E-state index contributed by atoms with van der Waals surface area (Å²) in [7, 11) is 0. The molecule has 0 atom stereocenters. The Labute approximate surface area is 167 Å². The number of aromatic nitrogens is 3. The molecular weight excluding hydrogens is 419 g/mol. The van der Waals surface area contributed by atoms with Gasteiger partial charge in [-0.25, -0.2) is 9.97 Å². The van der Waals surface area contributed by atoms with E-state index < -0.39 is 17.7 Å². The summed E-state index contributed by atoms with van der Waals surface area (Å²) in [6.07, 6.45) is -1.77. The third-order valence-electron chi connectivity index (χ3n) is 3.77. The molecule has 2 aromatic rings. The van der Waals surface area contributed by atoms with E-state index >= 15 is 0 Å². The zero-order valence-corrected chi connectivity index (χ0v) is 16.3. The van der Waals surface area contributed by atoms with Crippen LogP contribution in [-0.2, 0) is 22.1 Å². The summed E-state index contributed by atoms with van der Waals surface area (Å²) in [5.74, 6) is -0.345. The minimum Gasteiger partial charge on any atom is -0.465 e. The van der Waals surface area contributed by atoms with Crippen molar-refractivity contribution in [1.82, 2.24) is 15.0 Å². The molecule has 0 unspecified atom stereocenters. The van der Waals surface area contributed by atoms with E-state index in [1.807, 2.05) is 0 Å². The number of thiazole rings is 1. The highest BCUT2D eigenvalue weighted by Gasteiger charge is 2.35. The number of halogens is 4. The number of nitrogens with one attached hydrogen (secondary N) is 2. The first-order chi connectivity index (χ1) is 13.3. The first-order valence-electron chi connectivity index (χ1n) is 8.52. The molecule has 2 aromatic heterocycles. The lowest BCUT2D eigenvalue weighted by Gasteiger charge is -2.13. The highest BCUT2D eigenvalue weighted by Crippen LogP contribution is 2.35. The molecule has 0 amide bonds. The molecule has 0 spiro atoms. The van der Waals surface area contributed by atoms with Crippen molar-refractivity contribution < 1.29 is 22.7 Å². The van der Waals surface area contributed by atoms with Crippen LogP contribution in [0.4, 0.5) is 29.9 Å². The molecule has 28 heavy (non-hydrogen) atoms. The summed E-state index contributed by atoms with van der Waals surface area (Å²) >= 11 is 7.14. The number of esters is 1. The van der Waals surface area contributed by atoms with Gasteiger partial charge in [-0.3, -0.25) is 4.79 Å². The van der Waals surface area contributed by atoms with Crippen molar-refractivity contribution in [3.05, 3.63) is 21.9 Å². The molecule has 0 saturated heterocycles. The third-order valence-corrected chi connectivity index (χ3v) is 5.12. The predicted octanol–water partition coefficient (Wildman–Crippen LogP) is 4.28. The number of hydrogen-bond donors (Lipinski definition) is 2. The van der Waals surface area contributed by atoms with Crippen molar-refractivity contribution >= 4 is 45.7 Å². The molecule has 1 aliphatic rings.